The van der Waals surface area contributed by atoms with Crippen LogP contribution in [0.25, 0.3) is 0 Å². The van der Waals surface area contributed by atoms with Gasteiger partial charge >= 0.3 is 0 Å². The summed E-state index contributed by atoms with van der Waals surface area (Å²) in [4.78, 5) is 41.8. The van der Waals surface area contributed by atoms with Crippen LogP contribution in [0.15, 0.2) is 30.7 Å². The average Bonchev–Trinajstić information content (AvgIpc) is 2.77. The van der Waals surface area contributed by atoms with Crippen LogP contribution >= 0.6 is 0 Å². The van der Waals surface area contributed by atoms with E-state index in [1.807, 2.05) is 28.1 Å². The third-order valence-electron chi connectivity index (χ3n) is 5.89. The lowest BCUT2D eigenvalue weighted by Gasteiger charge is -2.35. The highest BCUT2D eigenvalue weighted by atomic mass is 16.2. The van der Waals surface area contributed by atoms with Crippen molar-refractivity contribution < 1.29 is 9.59 Å². The third-order valence-corrected chi connectivity index (χ3v) is 5.89. The Morgan fingerprint density at radius 1 is 1.17 bits per heavy atom. The molecule has 7 nitrogen and oxygen atoms in total. The van der Waals surface area contributed by atoms with Gasteiger partial charge in [0.2, 0.25) is 11.8 Å². The Bertz CT molecular complexity index is 886. The first-order valence-corrected chi connectivity index (χ1v) is 10.4. The van der Waals surface area contributed by atoms with Gasteiger partial charge in [-0.3, -0.25) is 14.6 Å². The van der Waals surface area contributed by atoms with Crippen molar-refractivity contribution >= 4 is 11.8 Å². The Kier molecular flexibility index (Phi) is 5.83. The number of aryl methyl sites for hydroxylation is 1. The fraction of sp³-hybridized carbons (Fsp3) is 0.500. The molecule has 0 aliphatic carbocycles. The number of hydrogen-bond donors (Lipinski definition) is 0. The number of fused-ring (bicyclic) bond motifs is 1. The van der Waals surface area contributed by atoms with Crippen LogP contribution in [0.3, 0.4) is 0 Å². The molecule has 29 heavy (non-hydrogen) atoms. The normalized spacial score (nSPS) is 19.0. The number of rotatable bonds is 4. The number of pyridine rings is 1. The predicted molar refractivity (Wildman–Crippen MR) is 108 cm³/mol. The van der Waals surface area contributed by atoms with E-state index >= 15 is 0 Å². The molecule has 2 aromatic rings. The molecular formula is C22H27N5O2. The van der Waals surface area contributed by atoms with Gasteiger partial charge in [0, 0.05) is 63.6 Å². The van der Waals surface area contributed by atoms with Crippen molar-refractivity contribution in [1.82, 2.24) is 24.8 Å². The minimum Gasteiger partial charge on any atom is -0.338 e. The molecule has 2 aromatic heterocycles. The lowest BCUT2D eigenvalue weighted by atomic mass is 10.00. The third kappa shape index (κ3) is 4.44. The first kappa shape index (κ1) is 19.5. The van der Waals surface area contributed by atoms with E-state index in [0.717, 1.165) is 61.3 Å². The van der Waals surface area contributed by atoms with Gasteiger partial charge in [-0.05, 0) is 43.4 Å². The highest BCUT2D eigenvalue weighted by Gasteiger charge is 2.29. The quantitative estimate of drug-likeness (QED) is 0.797. The summed E-state index contributed by atoms with van der Waals surface area (Å²) < 4.78 is 0. The van der Waals surface area contributed by atoms with E-state index in [1.165, 1.54) is 0 Å². The summed E-state index contributed by atoms with van der Waals surface area (Å²) in [6.07, 6.45) is 10.4. The van der Waals surface area contributed by atoms with E-state index in [0.29, 0.717) is 19.5 Å². The van der Waals surface area contributed by atoms with Gasteiger partial charge in [-0.15, -0.1) is 0 Å². The van der Waals surface area contributed by atoms with Gasteiger partial charge in [0.05, 0.1) is 11.7 Å². The Labute approximate surface area is 171 Å². The molecule has 1 saturated heterocycles. The van der Waals surface area contributed by atoms with Crippen LogP contribution in [0, 0.1) is 0 Å². The van der Waals surface area contributed by atoms with Gasteiger partial charge in [0.1, 0.15) is 0 Å². The van der Waals surface area contributed by atoms with Crippen LogP contribution in [0.1, 0.15) is 61.3 Å². The Morgan fingerprint density at radius 3 is 2.79 bits per heavy atom. The molecule has 0 unspecified atom stereocenters. The zero-order valence-electron chi connectivity index (χ0n) is 16.9. The van der Waals surface area contributed by atoms with Gasteiger partial charge < -0.3 is 9.80 Å². The number of carbonyl (C=O) groups is 2. The molecule has 4 rings (SSSR count). The molecule has 0 spiro atoms. The molecule has 2 aliphatic rings. The second-order valence-electron chi connectivity index (χ2n) is 7.84. The molecule has 0 radical (unpaired) electrons. The van der Waals surface area contributed by atoms with Crippen molar-refractivity contribution in [3.63, 3.8) is 0 Å². The topological polar surface area (TPSA) is 79.3 Å². The van der Waals surface area contributed by atoms with Crippen LogP contribution in [0.5, 0.6) is 0 Å². The summed E-state index contributed by atoms with van der Waals surface area (Å²) in [5.74, 6) is 0.990. The van der Waals surface area contributed by atoms with Crippen LogP contribution in [0.4, 0.5) is 0 Å². The molecule has 7 heteroatoms. The van der Waals surface area contributed by atoms with E-state index in [-0.39, 0.29) is 17.9 Å². The second kappa shape index (κ2) is 8.68. The number of hydrogen-bond acceptors (Lipinski definition) is 5. The zero-order chi connectivity index (χ0) is 20.2. The maximum Gasteiger partial charge on any atom is 0.223 e. The molecule has 1 atom stereocenters. The Balaban J connectivity index is 1.41. The minimum atomic E-state index is -0.0217. The van der Waals surface area contributed by atoms with Crippen LogP contribution in [-0.2, 0) is 29.0 Å². The smallest absolute Gasteiger partial charge is 0.223 e. The lowest BCUT2D eigenvalue weighted by Crippen LogP contribution is -2.39. The first-order chi connectivity index (χ1) is 14.1. The molecular weight excluding hydrogens is 366 g/mol. The summed E-state index contributed by atoms with van der Waals surface area (Å²) >= 11 is 0. The average molecular weight is 393 g/mol. The van der Waals surface area contributed by atoms with E-state index in [1.54, 1.807) is 19.3 Å². The fourth-order valence-corrected chi connectivity index (χ4v) is 4.24. The van der Waals surface area contributed by atoms with Crippen molar-refractivity contribution in [3.05, 3.63) is 53.4 Å². The van der Waals surface area contributed by atoms with Crippen LogP contribution < -0.4 is 0 Å². The van der Waals surface area contributed by atoms with Gasteiger partial charge in [0.25, 0.3) is 0 Å². The summed E-state index contributed by atoms with van der Waals surface area (Å²) in [7, 11) is 0. The minimum absolute atomic E-state index is 0.0217. The van der Waals surface area contributed by atoms with Gasteiger partial charge in [-0.2, -0.15) is 0 Å². The largest absolute Gasteiger partial charge is 0.338 e. The van der Waals surface area contributed by atoms with Crippen molar-refractivity contribution in [3.8, 4) is 0 Å². The van der Waals surface area contributed by atoms with Crippen LogP contribution in [-0.4, -0.2) is 49.7 Å². The summed E-state index contributed by atoms with van der Waals surface area (Å²) in [6, 6.07) is 3.87. The van der Waals surface area contributed by atoms with Gasteiger partial charge in [-0.1, -0.05) is 0 Å². The number of amides is 2. The standard InChI is InChI=1S/C22H27N5O2/c1-16(28)27-12-3-2-4-20(27)22-24-14-18-15-26(13-9-19(18)25-22)21(29)6-5-17-7-10-23-11-8-17/h7-8,10-11,14,20H,2-6,9,12-13,15H2,1H3/t20-/m1/s1. The first-order valence-electron chi connectivity index (χ1n) is 10.4. The lowest BCUT2D eigenvalue weighted by molar-refractivity contribution is -0.133. The maximum atomic E-state index is 12.6. The van der Waals surface area contributed by atoms with E-state index in [4.69, 9.17) is 4.98 Å². The van der Waals surface area contributed by atoms with Gasteiger partial charge in [0.15, 0.2) is 5.82 Å². The van der Waals surface area contributed by atoms with Gasteiger partial charge in [-0.25, -0.2) is 9.97 Å². The van der Waals surface area contributed by atoms with Crippen molar-refractivity contribution in [1.29, 1.82) is 0 Å². The molecule has 2 aliphatic heterocycles. The molecule has 0 aromatic carbocycles. The fourth-order valence-electron chi connectivity index (χ4n) is 4.24. The SMILES string of the molecule is CC(=O)N1CCCC[C@@H]1c1ncc2c(n1)CCN(C(=O)CCc1ccncc1)C2. The molecule has 2 amide bonds. The Hall–Kier alpha value is -2.83. The van der Waals surface area contributed by atoms with Crippen molar-refractivity contribution in [2.75, 3.05) is 13.1 Å². The molecule has 4 heterocycles. The monoisotopic (exact) mass is 393 g/mol. The summed E-state index contributed by atoms with van der Waals surface area (Å²) in [6.45, 7) is 3.64. The zero-order valence-corrected chi connectivity index (χ0v) is 16.9. The second-order valence-corrected chi connectivity index (χ2v) is 7.84. The van der Waals surface area contributed by atoms with Crippen molar-refractivity contribution in [2.45, 2.75) is 58.0 Å². The molecule has 0 N–H and O–H groups in total. The predicted octanol–water partition coefficient (Wildman–Crippen LogP) is 2.46. The maximum absolute atomic E-state index is 12.6. The number of aromatic nitrogens is 3. The summed E-state index contributed by atoms with van der Waals surface area (Å²) in [5.41, 5.74) is 3.16. The number of piperidine rings is 1. The molecule has 0 bridgehead atoms. The van der Waals surface area contributed by atoms with Crippen LogP contribution in [0.2, 0.25) is 0 Å². The molecule has 0 saturated carbocycles. The molecule has 1 fully saturated rings. The number of likely N-dealkylation sites (tertiary alicyclic amines) is 1. The van der Waals surface area contributed by atoms with Crippen molar-refractivity contribution in [2.24, 2.45) is 0 Å². The number of carbonyl (C=O) groups excluding carboxylic acids is 2. The summed E-state index contributed by atoms with van der Waals surface area (Å²) in [5, 5.41) is 0. The Morgan fingerprint density at radius 2 is 2.00 bits per heavy atom. The van der Waals surface area contributed by atoms with E-state index < -0.39 is 0 Å². The highest BCUT2D eigenvalue weighted by Crippen LogP contribution is 2.30. The highest BCUT2D eigenvalue weighted by molar-refractivity contribution is 5.76. The molecule has 152 valence electrons. The van der Waals surface area contributed by atoms with E-state index in [2.05, 4.69) is 9.97 Å². The van der Waals surface area contributed by atoms with E-state index in [9.17, 15) is 9.59 Å². The number of nitrogens with zero attached hydrogens (tertiary/aromatic N) is 5.